The Morgan fingerprint density at radius 3 is 2.60 bits per heavy atom. The number of benzene rings is 1. The third-order valence-corrected chi connectivity index (χ3v) is 3.80. The Balaban J connectivity index is 1.75. The number of hydrogen-bond donors (Lipinski definition) is 1. The van der Waals surface area contributed by atoms with Crippen molar-refractivity contribution in [1.82, 2.24) is 20.3 Å². The van der Waals surface area contributed by atoms with Crippen LogP contribution in [0.2, 0.25) is 0 Å². The monoisotopic (exact) mass is 332 g/mol. The predicted molar refractivity (Wildman–Crippen MR) is 97.1 cm³/mol. The molecule has 3 rings (SSSR count). The molecule has 0 atom stereocenters. The molecule has 0 bridgehead atoms. The standard InChI is InChI=1S/C20H20N4O/c1-13-5-4-6-16(7-13)17-9-18(11-21-10-17)20(25)22-12-19-8-14(2)23-15(3)24-19/h4-11H,12H2,1-3H3,(H,22,25). The highest BCUT2D eigenvalue weighted by Crippen LogP contribution is 2.20. The second kappa shape index (κ2) is 7.21. The van der Waals surface area contributed by atoms with Crippen LogP contribution < -0.4 is 5.32 Å². The molecule has 126 valence electrons. The smallest absolute Gasteiger partial charge is 0.253 e. The molecule has 0 spiro atoms. The van der Waals surface area contributed by atoms with Crippen molar-refractivity contribution in [3.05, 3.63) is 77.1 Å². The normalized spacial score (nSPS) is 10.5. The van der Waals surface area contributed by atoms with Crippen LogP contribution >= 0.6 is 0 Å². The molecule has 0 fully saturated rings. The largest absolute Gasteiger partial charge is 0.346 e. The highest BCUT2D eigenvalue weighted by molar-refractivity contribution is 5.95. The number of carbonyl (C=O) groups excluding carboxylic acids is 1. The van der Waals surface area contributed by atoms with E-state index in [9.17, 15) is 4.79 Å². The molecule has 2 aromatic heterocycles. The van der Waals surface area contributed by atoms with E-state index >= 15 is 0 Å². The van der Waals surface area contributed by atoms with Gasteiger partial charge in [0.2, 0.25) is 0 Å². The molecule has 1 aromatic carbocycles. The zero-order valence-electron chi connectivity index (χ0n) is 14.6. The van der Waals surface area contributed by atoms with Crippen LogP contribution in [-0.2, 0) is 6.54 Å². The van der Waals surface area contributed by atoms with Crippen molar-refractivity contribution in [2.75, 3.05) is 0 Å². The number of pyridine rings is 1. The van der Waals surface area contributed by atoms with Crippen LogP contribution in [0.15, 0.2) is 48.8 Å². The fraction of sp³-hybridized carbons (Fsp3) is 0.200. The number of aromatic nitrogens is 3. The molecule has 0 radical (unpaired) electrons. The van der Waals surface area contributed by atoms with Gasteiger partial charge in [-0.2, -0.15) is 0 Å². The van der Waals surface area contributed by atoms with Crippen molar-refractivity contribution in [2.24, 2.45) is 0 Å². The Morgan fingerprint density at radius 2 is 1.84 bits per heavy atom. The number of rotatable bonds is 4. The molecular formula is C20H20N4O. The molecule has 5 heteroatoms. The summed E-state index contributed by atoms with van der Waals surface area (Å²) >= 11 is 0. The molecule has 1 N–H and O–H groups in total. The minimum Gasteiger partial charge on any atom is -0.346 e. The topological polar surface area (TPSA) is 67.8 Å². The van der Waals surface area contributed by atoms with Gasteiger partial charge in [0.25, 0.3) is 5.91 Å². The lowest BCUT2D eigenvalue weighted by molar-refractivity contribution is 0.0950. The van der Waals surface area contributed by atoms with Gasteiger partial charge in [-0.15, -0.1) is 0 Å². The first kappa shape index (κ1) is 16.8. The fourth-order valence-electron chi connectivity index (χ4n) is 2.70. The van der Waals surface area contributed by atoms with Gasteiger partial charge >= 0.3 is 0 Å². The van der Waals surface area contributed by atoms with Gasteiger partial charge in [-0.05, 0) is 38.5 Å². The Bertz CT molecular complexity index is 901. The minimum absolute atomic E-state index is 0.170. The predicted octanol–water partition coefficient (Wildman–Crippen LogP) is 3.39. The summed E-state index contributed by atoms with van der Waals surface area (Å²) in [4.78, 5) is 25.2. The highest BCUT2D eigenvalue weighted by Gasteiger charge is 2.09. The summed E-state index contributed by atoms with van der Waals surface area (Å²) in [6, 6.07) is 11.8. The molecule has 1 amide bonds. The third kappa shape index (κ3) is 4.26. The number of amides is 1. The average Bonchev–Trinajstić information content (AvgIpc) is 2.59. The van der Waals surface area contributed by atoms with E-state index in [1.54, 1.807) is 12.4 Å². The number of carbonyl (C=O) groups is 1. The number of nitrogens with one attached hydrogen (secondary N) is 1. The van der Waals surface area contributed by atoms with Gasteiger partial charge in [-0.25, -0.2) is 9.97 Å². The van der Waals surface area contributed by atoms with Gasteiger partial charge in [0.15, 0.2) is 0 Å². The van der Waals surface area contributed by atoms with E-state index in [0.717, 1.165) is 22.5 Å². The number of aryl methyl sites for hydroxylation is 3. The lowest BCUT2D eigenvalue weighted by atomic mass is 10.0. The second-order valence-corrected chi connectivity index (χ2v) is 6.06. The summed E-state index contributed by atoms with van der Waals surface area (Å²) in [6.45, 7) is 6.15. The van der Waals surface area contributed by atoms with Crippen LogP contribution in [0.3, 0.4) is 0 Å². The van der Waals surface area contributed by atoms with Gasteiger partial charge in [0, 0.05) is 23.7 Å². The van der Waals surface area contributed by atoms with E-state index < -0.39 is 0 Å². The maximum atomic E-state index is 12.4. The Morgan fingerprint density at radius 1 is 1.00 bits per heavy atom. The van der Waals surface area contributed by atoms with Crippen LogP contribution in [-0.4, -0.2) is 20.9 Å². The molecule has 0 saturated carbocycles. The van der Waals surface area contributed by atoms with E-state index in [2.05, 4.69) is 26.3 Å². The minimum atomic E-state index is -0.170. The van der Waals surface area contributed by atoms with Crippen LogP contribution in [0, 0.1) is 20.8 Å². The SMILES string of the molecule is Cc1cccc(-c2cncc(C(=O)NCc3cc(C)nc(C)n3)c2)c1. The van der Waals surface area contributed by atoms with Gasteiger partial charge in [0.05, 0.1) is 17.8 Å². The maximum Gasteiger partial charge on any atom is 0.253 e. The van der Waals surface area contributed by atoms with Gasteiger partial charge in [-0.3, -0.25) is 9.78 Å². The van der Waals surface area contributed by atoms with E-state index in [1.807, 2.05) is 51.1 Å². The highest BCUT2D eigenvalue weighted by atomic mass is 16.1. The summed E-state index contributed by atoms with van der Waals surface area (Å²) in [5.74, 6) is 0.531. The molecule has 0 aliphatic rings. The lowest BCUT2D eigenvalue weighted by Gasteiger charge is -2.08. The molecule has 0 aliphatic heterocycles. The van der Waals surface area contributed by atoms with Crippen molar-refractivity contribution in [3.8, 4) is 11.1 Å². The summed E-state index contributed by atoms with van der Waals surface area (Å²) in [7, 11) is 0. The molecule has 0 saturated heterocycles. The molecule has 0 aliphatic carbocycles. The summed E-state index contributed by atoms with van der Waals surface area (Å²) in [5, 5.41) is 2.89. The van der Waals surface area contributed by atoms with Crippen molar-refractivity contribution in [2.45, 2.75) is 27.3 Å². The van der Waals surface area contributed by atoms with Crippen molar-refractivity contribution < 1.29 is 4.79 Å². The van der Waals surface area contributed by atoms with Crippen LogP contribution in [0.1, 0.15) is 33.1 Å². The van der Waals surface area contributed by atoms with E-state index in [4.69, 9.17) is 0 Å². The quantitative estimate of drug-likeness (QED) is 0.795. The van der Waals surface area contributed by atoms with Crippen LogP contribution in [0.25, 0.3) is 11.1 Å². The zero-order valence-corrected chi connectivity index (χ0v) is 14.6. The van der Waals surface area contributed by atoms with Crippen LogP contribution in [0.4, 0.5) is 0 Å². The maximum absolute atomic E-state index is 12.4. The first-order chi connectivity index (χ1) is 12.0. The average molecular weight is 332 g/mol. The van der Waals surface area contributed by atoms with E-state index in [1.165, 1.54) is 5.56 Å². The lowest BCUT2D eigenvalue weighted by Crippen LogP contribution is -2.23. The summed E-state index contributed by atoms with van der Waals surface area (Å²) in [5.41, 5.74) is 5.35. The zero-order chi connectivity index (χ0) is 17.8. The second-order valence-electron chi connectivity index (χ2n) is 6.06. The fourth-order valence-corrected chi connectivity index (χ4v) is 2.70. The molecular weight excluding hydrogens is 312 g/mol. The van der Waals surface area contributed by atoms with Crippen molar-refractivity contribution in [1.29, 1.82) is 0 Å². The van der Waals surface area contributed by atoms with Crippen molar-refractivity contribution in [3.63, 3.8) is 0 Å². The summed E-state index contributed by atoms with van der Waals surface area (Å²) < 4.78 is 0. The Hall–Kier alpha value is -3.08. The third-order valence-electron chi connectivity index (χ3n) is 3.80. The first-order valence-electron chi connectivity index (χ1n) is 8.13. The van der Waals surface area contributed by atoms with Gasteiger partial charge in [-0.1, -0.05) is 29.8 Å². The molecule has 25 heavy (non-hydrogen) atoms. The molecule has 2 heterocycles. The molecule has 0 unspecified atom stereocenters. The summed E-state index contributed by atoms with van der Waals surface area (Å²) in [6.07, 6.45) is 3.34. The Kier molecular flexibility index (Phi) is 4.84. The first-order valence-corrected chi connectivity index (χ1v) is 8.13. The molecule has 5 nitrogen and oxygen atoms in total. The molecule has 3 aromatic rings. The number of hydrogen-bond acceptors (Lipinski definition) is 4. The Labute approximate surface area is 147 Å². The van der Waals surface area contributed by atoms with Crippen LogP contribution in [0.5, 0.6) is 0 Å². The van der Waals surface area contributed by atoms with Crippen molar-refractivity contribution >= 4 is 5.91 Å². The van der Waals surface area contributed by atoms with E-state index in [-0.39, 0.29) is 5.91 Å². The van der Waals surface area contributed by atoms with E-state index in [0.29, 0.717) is 17.9 Å². The number of nitrogens with zero attached hydrogens (tertiary/aromatic N) is 3. The van der Waals surface area contributed by atoms with Gasteiger partial charge < -0.3 is 5.32 Å². The van der Waals surface area contributed by atoms with Gasteiger partial charge in [0.1, 0.15) is 5.82 Å².